The summed E-state index contributed by atoms with van der Waals surface area (Å²) in [7, 11) is 0. The summed E-state index contributed by atoms with van der Waals surface area (Å²) in [5.41, 5.74) is -0.676. The van der Waals surface area contributed by atoms with Crippen LogP contribution in [0.2, 0.25) is 0 Å². The van der Waals surface area contributed by atoms with Crippen LogP contribution in [0.25, 0.3) is 0 Å². The Bertz CT molecular complexity index is 300. The molecule has 0 aliphatic rings. The Hall–Kier alpha value is -1.65. The molecule has 0 fully saturated rings. The lowest BCUT2D eigenvalue weighted by Gasteiger charge is -2.02. The van der Waals surface area contributed by atoms with E-state index in [1.54, 1.807) is 0 Å². The zero-order chi connectivity index (χ0) is 8.43. The molecule has 1 aromatic carbocycles. The Morgan fingerprint density at radius 1 is 1.45 bits per heavy atom. The van der Waals surface area contributed by atoms with E-state index in [-0.39, 0.29) is 0 Å². The summed E-state index contributed by atoms with van der Waals surface area (Å²) < 4.78 is 12.5. The maximum atomic E-state index is 12.5. The van der Waals surface area contributed by atoms with Crippen LogP contribution in [0, 0.1) is 15.9 Å². The van der Waals surface area contributed by atoms with Crippen molar-refractivity contribution in [1.29, 1.82) is 0 Å². The van der Waals surface area contributed by atoms with Crippen LogP contribution in [0.1, 0.15) is 0 Å². The van der Waals surface area contributed by atoms with Crippen LogP contribution in [0.3, 0.4) is 0 Å². The Kier molecular flexibility index (Phi) is 1.72. The van der Waals surface area contributed by atoms with Crippen molar-refractivity contribution in [3.63, 3.8) is 0 Å². The Morgan fingerprint density at radius 2 is 2.09 bits per heavy atom. The van der Waals surface area contributed by atoms with E-state index >= 15 is 0 Å². The second kappa shape index (κ2) is 2.53. The molecule has 1 aromatic rings. The van der Waals surface area contributed by atoms with E-state index in [0.717, 1.165) is 12.1 Å². The highest BCUT2D eigenvalue weighted by Crippen LogP contribution is 2.19. The normalized spacial score (nSPS) is 9.55. The molecule has 1 rings (SSSR count). The summed E-state index contributed by atoms with van der Waals surface area (Å²) in [6.07, 6.45) is 0. The van der Waals surface area contributed by atoms with E-state index in [1.165, 1.54) is 0 Å². The Morgan fingerprint density at radius 3 is 2.55 bits per heavy atom. The van der Waals surface area contributed by atoms with Crippen molar-refractivity contribution in [2.45, 2.75) is 0 Å². The van der Waals surface area contributed by atoms with Crippen LogP contribution in [0.4, 0.5) is 10.1 Å². The first-order valence-corrected chi connectivity index (χ1v) is 2.72. The van der Waals surface area contributed by atoms with Gasteiger partial charge in [0.2, 0.25) is 0 Å². The summed E-state index contributed by atoms with van der Waals surface area (Å²) in [4.78, 5) is 9.12. The number of benzene rings is 1. The molecule has 0 aromatic heterocycles. The molecular formula is C6H3FNO3-. The summed E-state index contributed by atoms with van der Waals surface area (Å²) in [6, 6.07) is 2.37. The topological polar surface area (TPSA) is 66.2 Å². The second-order valence-electron chi connectivity index (χ2n) is 1.87. The molecule has 0 amide bonds. The third-order valence-electron chi connectivity index (χ3n) is 1.12. The lowest BCUT2D eigenvalue weighted by molar-refractivity contribution is -0.387. The first-order valence-electron chi connectivity index (χ1n) is 2.72. The van der Waals surface area contributed by atoms with Gasteiger partial charge in [-0.1, -0.05) is 6.07 Å². The van der Waals surface area contributed by atoms with Crippen LogP contribution in [0.15, 0.2) is 18.2 Å². The summed E-state index contributed by atoms with van der Waals surface area (Å²) in [5.74, 6) is -1.67. The highest BCUT2D eigenvalue weighted by atomic mass is 19.1. The van der Waals surface area contributed by atoms with E-state index in [0.29, 0.717) is 6.07 Å². The zero-order valence-electron chi connectivity index (χ0n) is 5.28. The largest absolute Gasteiger partial charge is 0.872 e. The Balaban J connectivity index is 3.20. The minimum Gasteiger partial charge on any atom is -0.872 e. The predicted molar refractivity (Wildman–Crippen MR) is 32.5 cm³/mol. The van der Waals surface area contributed by atoms with Crippen molar-refractivity contribution in [3.8, 4) is 5.75 Å². The molecule has 0 radical (unpaired) electrons. The van der Waals surface area contributed by atoms with E-state index in [4.69, 9.17) is 0 Å². The van der Waals surface area contributed by atoms with Gasteiger partial charge >= 0.3 is 5.69 Å². The Labute approximate surface area is 61.0 Å². The van der Waals surface area contributed by atoms with Crippen LogP contribution in [-0.4, -0.2) is 4.92 Å². The number of nitro groups is 1. The van der Waals surface area contributed by atoms with Crippen molar-refractivity contribution in [1.82, 2.24) is 0 Å². The van der Waals surface area contributed by atoms with Crippen molar-refractivity contribution in [2.75, 3.05) is 0 Å². The van der Waals surface area contributed by atoms with Crippen molar-refractivity contribution in [2.24, 2.45) is 0 Å². The average Bonchev–Trinajstić information content (AvgIpc) is 1.85. The SMILES string of the molecule is O=[N+]([O-])c1ccc([O-])cc1F. The van der Waals surface area contributed by atoms with E-state index in [9.17, 15) is 19.6 Å². The number of hydrogen-bond acceptors (Lipinski definition) is 3. The molecule has 0 atom stereocenters. The van der Waals surface area contributed by atoms with Crippen molar-refractivity contribution in [3.05, 3.63) is 34.1 Å². The number of halogens is 1. The third-order valence-corrected chi connectivity index (χ3v) is 1.12. The summed E-state index contributed by atoms with van der Waals surface area (Å²) in [5, 5.41) is 20.4. The highest BCUT2D eigenvalue weighted by Gasteiger charge is 2.10. The van der Waals surface area contributed by atoms with Crippen molar-refractivity contribution < 1.29 is 14.4 Å². The van der Waals surface area contributed by atoms with Gasteiger partial charge in [0.05, 0.1) is 4.92 Å². The number of hydrogen-bond donors (Lipinski definition) is 0. The van der Waals surface area contributed by atoms with Gasteiger partial charge in [0.15, 0.2) is 5.82 Å². The summed E-state index contributed by atoms with van der Waals surface area (Å²) >= 11 is 0. The molecule has 0 saturated heterocycles. The number of nitro benzene ring substituents is 1. The molecule has 5 heteroatoms. The fourth-order valence-corrected chi connectivity index (χ4v) is 0.636. The van der Waals surface area contributed by atoms with Gasteiger partial charge in [0, 0.05) is 6.07 Å². The molecule has 0 unspecified atom stereocenters. The predicted octanol–water partition coefficient (Wildman–Crippen LogP) is 0.807. The minimum absolute atomic E-state index is 0.576. The third kappa shape index (κ3) is 1.43. The molecule has 0 aliphatic carbocycles. The molecule has 0 bridgehead atoms. The van der Waals surface area contributed by atoms with Crippen LogP contribution < -0.4 is 5.11 Å². The fraction of sp³-hybridized carbons (Fsp3) is 0. The van der Waals surface area contributed by atoms with Gasteiger partial charge in [0.1, 0.15) is 0 Å². The standard InChI is InChI=1S/C6H4FNO3/c7-5-3-4(9)1-2-6(5)8(10)11/h1-3,9H/p-1. The van der Waals surface area contributed by atoms with Crippen LogP contribution in [0.5, 0.6) is 5.75 Å². The average molecular weight is 156 g/mol. The molecule has 11 heavy (non-hydrogen) atoms. The van der Waals surface area contributed by atoms with Gasteiger partial charge in [-0.15, -0.1) is 5.75 Å². The van der Waals surface area contributed by atoms with Gasteiger partial charge in [-0.25, -0.2) is 0 Å². The van der Waals surface area contributed by atoms with Crippen LogP contribution in [-0.2, 0) is 0 Å². The smallest absolute Gasteiger partial charge is 0.304 e. The van der Waals surface area contributed by atoms with Crippen molar-refractivity contribution >= 4 is 5.69 Å². The second-order valence-corrected chi connectivity index (χ2v) is 1.87. The minimum atomic E-state index is -1.09. The first kappa shape index (κ1) is 7.46. The molecule has 0 N–H and O–H groups in total. The van der Waals surface area contributed by atoms with Crippen LogP contribution >= 0.6 is 0 Å². The summed E-state index contributed by atoms with van der Waals surface area (Å²) in [6.45, 7) is 0. The lowest BCUT2D eigenvalue weighted by atomic mass is 10.3. The molecule has 0 heterocycles. The van der Waals surface area contributed by atoms with E-state index < -0.39 is 22.2 Å². The molecule has 58 valence electrons. The first-order chi connectivity index (χ1) is 5.11. The molecule has 0 spiro atoms. The molecule has 0 aliphatic heterocycles. The molecule has 0 saturated carbocycles. The highest BCUT2D eigenvalue weighted by molar-refractivity contribution is 5.36. The maximum Gasteiger partial charge on any atom is 0.304 e. The van der Waals surface area contributed by atoms with Gasteiger partial charge < -0.3 is 5.11 Å². The maximum absolute atomic E-state index is 12.5. The van der Waals surface area contributed by atoms with E-state index in [2.05, 4.69) is 0 Å². The van der Waals surface area contributed by atoms with Gasteiger partial charge in [-0.3, -0.25) is 10.1 Å². The molecule has 4 nitrogen and oxygen atoms in total. The number of nitrogens with zero attached hydrogens (tertiary/aromatic N) is 1. The van der Waals surface area contributed by atoms with E-state index in [1.807, 2.05) is 0 Å². The fourth-order valence-electron chi connectivity index (χ4n) is 0.636. The van der Waals surface area contributed by atoms with Gasteiger partial charge in [0.25, 0.3) is 0 Å². The van der Waals surface area contributed by atoms with Gasteiger partial charge in [-0.2, -0.15) is 4.39 Å². The zero-order valence-corrected chi connectivity index (χ0v) is 5.28. The number of rotatable bonds is 1. The quantitative estimate of drug-likeness (QED) is 0.446. The lowest BCUT2D eigenvalue weighted by Crippen LogP contribution is -1.95. The monoisotopic (exact) mass is 156 g/mol. The van der Waals surface area contributed by atoms with Gasteiger partial charge in [-0.05, 0) is 6.07 Å². The molecular weight excluding hydrogens is 153 g/mol.